The number of nitro groups is 1. The molecule has 1 fully saturated rings. The second kappa shape index (κ2) is 6.29. The maximum atomic E-state index is 12.5. The van der Waals surface area contributed by atoms with Gasteiger partial charge in [-0.2, -0.15) is 4.31 Å². The van der Waals surface area contributed by atoms with Crippen LogP contribution in [-0.4, -0.2) is 30.7 Å². The Kier molecular flexibility index (Phi) is 4.85. The summed E-state index contributed by atoms with van der Waals surface area (Å²) in [7, 11) is -3.70. The van der Waals surface area contributed by atoms with Crippen LogP contribution in [0, 0.1) is 16.0 Å². The zero-order chi connectivity index (χ0) is 15.6. The van der Waals surface area contributed by atoms with Gasteiger partial charge in [0.2, 0.25) is 10.0 Å². The van der Waals surface area contributed by atoms with Crippen LogP contribution in [0.3, 0.4) is 0 Å². The molecule has 0 amide bonds. The zero-order valence-electron chi connectivity index (χ0n) is 11.7. The smallest absolute Gasteiger partial charge is 0.258 e. The van der Waals surface area contributed by atoms with E-state index >= 15 is 0 Å². The maximum absolute atomic E-state index is 12.5. The van der Waals surface area contributed by atoms with Gasteiger partial charge in [-0.05, 0) is 30.9 Å². The van der Waals surface area contributed by atoms with Gasteiger partial charge < -0.3 is 0 Å². The summed E-state index contributed by atoms with van der Waals surface area (Å²) in [5, 5.41) is 10.8. The van der Waals surface area contributed by atoms with Gasteiger partial charge in [-0.1, -0.05) is 24.9 Å². The fraction of sp³-hybridized carbons (Fsp3) is 0.538. The van der Waals surface area contributed by atoms with E-state index in [-0.39, 0.29) is 15.6 Å². The lowest BCUT2D eigenvalue weighted by Crippen LogP contribution is -2.38. The van der Waals surface area contributed by atoms with E-state index in [0.717, 1.165) is 25.3 Å². The molecule has 8 heteroatoms. The summed E-state index contributed by atoms with van der Waals surface area (Å²) in [6.45, 7) is 3.01. The highest BCUT2D eigenvalue weighted by Gasteiger charge is 2.30. The second-order valence-electron chi connectivity index (χ2n) is 5.13. The molecule has 0 aromatic heterocycles. The monoisotopic (exact) mass is 332 g/mol. The molecule has 6 nitrogen and oxygen atoms in total. The Morgan fingerprint density at radius 2 is 2.00 bits per heavy atom. The first kappa shape index (κ1) is 16.2. The number of piperidine rings is 1. The molecule has 2 rings (SSSR count). The van der Waals surface area contributed by atoms with Crippen LogP contribution in [0.25, 0.3) is 0 Å². The predicted molar refractivity (Wildman–Crippen MR) is 79.9 cm³/mol. The van der Waals surface area contributed by atoms with E-state index in [4.69, 9.17) is 11.6 Å². The fourth-order valence-electron chi connectivity index (χ4n) is 2.50. The predicted octanol–water partition coefficient (Wildman–Crippen LogP) is 3.06. The van der Waals surface area contributed by atoms with Gasteiger partial charge in [0.05, 0.1) is 9.82 Å². The molecule has 1 aromatic rings. The first-order valence-electron chi connectivity index (χ1n) is 6.80. The van der Waals surface area contributed by atoms with Gasteiger partial charge in [-0.3, -0.25) is 10.1 Å². The van der Waals surface area contributed by atoms with Crippen LogP contribution in [0.2, 0.25) is 5.02 Å². The maximum Gasteiger partial charge on any atom is 0.289 e. The number of sulfonamides is 1. The van der Waals surface area contributed by atoms with E-state index in [9.17, 15) is 18.5 Å². The molecule has 0 radical (unpaired) electrons. The molecule has 1 aromatic carbocycles. The van der Waals surface area contributed by atoms with Crippen LogP contribution in [0.1, 0.15) is 26.2 Å². The number of rotatable bonds is 4. The van der Waals surface area contributed by atoms with Crippen molar-refractivity contribution in [3.05, 3.63) is 33.3 Å². The largest absolute Gasteiger partial charge is 0.289 e. The van der Waals surface area contributed by atoms with Crippen molar-refractivity contribution in [2.24, 2.45) is 5.92 Å². The molecule has 116 valence electrons. The molecule has 0 bridgehead atoms. The van der Waals surface area contributed by atoms with Crippen LogP contribution in [0.5, 0.6) is 0 Å². The molecule has 0 aliphatic carbocycles. The summed E-state index contributed by atoms with van der Waals surface area (Å²) in [4.78, 5) is 10.1. The summed E-state index contributed by atoms with van der Waals surface area (Å²) < 4.78 is 26.5. The zero-order valence-corrected chi connectivity index (χ0v) is 13.2. The molecule has 0 N–H and O–H groups in total. The number of benzene rings is 1. The van der Waals surface area contributed by atoms with Crippen molar-refractivity contribution in [3.8, 4) is 0 Å². The summed E-state index contributed by atoms with van der Waals surface area (Å²) >= 11 is 5.71. The molecule has 1 aliphatic rings. The normalized spacial score (nSPS) is 17.8. The van der Waals surface area contributed by atoms with Crippen molar-refractivity contribution in [3.63, 3.8) is 0 Å². The highest BCUT2D eigenvalue weighted by atomic mass is 35.5. The third kappa shape index (κ3) is 3.36. The summed E-state index contributed by atoms with van der Waals surface area (Å²) in [6, 6.07) is 3.60. The molecule has 0 saturated carbocycles. The van der Waals surface area contributed by atoms with Crippen LogP contribution in [-0.2, 0) is 10.0 Å². The van der Waals surface area contributed by atoms with Gasteiger partial charge in [0.15, 0.2) is 0 Å². The van der Waals surface area contributed by atoms with E-state index in [2.05, 4.69) is 6.92 Å². The highest BCUT2D eigenvalue weighted by molar-refractivity contribution is 7.89. The Balaban J connectivity index is 2.28. The molecule has 0 unspecified atom stereocenters. The molecule has 1 heterocycles. The average molecular weight is 333 g/mol. The highest BCUT2D eigenvalue weighted by Crippen LogP contribution is 2.30. The molecule has 21 heavy (non-hydrogen) atoms. The number of halogens is 1. The van der Waals surface area contributed by atoms with Crippen molar-refractivity contribution in [1.29, 1.82) is 0 Å². The van der Waals surface area contributed by atoms with Gasteiger partial charge in [-0.25, -0.2) is 8.42 Å². The Labute approximate surface area is 128 Å². The van der Waals surface area contributed by atoms with Crippen LogP contribution < -0.4 is 0 Å². The molecule has 1 aliphatic heterocycles. The van der Waals surface area contributed by atoms with E-state index in [1.54, 1.807) is 0 Å². The second-order valence-corrected chi connectivity index (χ2v) is 7.47. The standard InChI is InChI=1S/C13H17ClN2O4S/c1-2-10-5-7-15(8-6-10)21(19,20)11-3-4-12(14)13(9-11)16(17)18/h3-4,9-10H,2,5-8H2,1H3. The number of hydrogen-bond donors (Lipinski definition) is 0. The fourth-order valence-corrected chi connectivity index (χ4v) is 4.18. The lowest BCUT2D eigenvalue weighted by molar-refractivity contribution is -0.384. The van der Waals surface area contributed by atoms with E-state index in [1.165, 1.54) is 16.4 Å². The van der Waals surface area contributed by atoms with Crippen LogP contribution >= 0.6 is 11.6 Å². The summed E-state index contributed by atoms with van der Waals surface area (Å²) in [5.41, 5.74) is -0.388. The first-order valence-corrected chi connectivity index (χ1v) is 8.62. The van der Waals surface area contributed by atoms with Crippen molar-refractivity contribution < 1.29 is 13.3 Å². The Hall–Kier alpha value is -1.18. The van der Waals surface area contributed by atoms with Gasteiger partial charge in [0.25, 0.3) is 5.69 Å². The van der Waals surface area contributed by atoms with E-state index in [0.29, 0.717) is 19.0 Å². The topological polar surface area (TPSA) is 80.5 Å². The molecule has 0 spiro atoms. The number of nitrogens with zero attached hydrogens (tertiary/aromatic N) is 2. The number of nitro benzene ring substituents is 1. The van der Waals surface area contributed by atoms with Crippen LogP contribution in [0.15, 0.2) is 23.1 Å². The van der Waals surface area contributed by atoms with Crippen molar-refractivity contribution in [1.82, 2.24) is 4.31 Å². The minimum Gasteiger partial charge on any atom is -0.258 e. The van der Waals surface area contributed by atoms with Crippen molar-refractivity contribution in [2.75, 3.05) is 13.1 Å². The molecule has 0 atom stereocenters. The summed E-state index contributed by atoms with van der Waals surface area (Å²) in [5.74, 6) is 0.552. The van der Waals surface area contributed by atoms with Gasteiger partial charge >= 0.3 is 0 Å². The van der Waals surface area contributed by atoms with Gasteiger partial charge in [-0.15, -0.1) is 0 Å². The molecule has 1 saturated heterocycles. The van der Waals surface area contributed by atoms with Gasteiger partial charge in [0, 0.05) is 19.2 Å². The lowest BCUT2D eigenvalue weighted by atomic mass is 9.96. The van der Waals surface area contributed by atoms with Gasteiger partial charge in [0.1, 0.15) is 5.02 Å². The minimum absolute atomic E-state index is 0.0661. The first-order chi connectivity index (χ1) is 9.86. The quantitative estimate of drug-likeness (QED) is 0.627. The average Bonchev–Trinajstić information content (AvgIpc) is 2.47. The lowest BCUT2D eigenvalue weighted by Gasteiger charge is -2.30. The molecular formula is C13H17ClN2O4S. The Morgan fingerprint density at radius 3 is 2.52 bits per heavy atom. The Bertz CT molecular complexity index is 640. The third-order valence-electron chi connectivity index (χ3n) is 3.90. The van der Waals surface area contributed by atoms with E-state index in [1.807, 2.05) is 0 Å². The summed E-state index contributed by atoms with van der Waals surface area (Å²) in [6.07, 6.45) is 2.69. The van der Waals surface area contributed by atoms with Crippen molar-refractivity contribution >= 4 is 27.3 Å². The Morgan fingerprint density at radius 1 is 1.38 bits per heavy atom. The number of hydrogen-bond acceptors (Lipinski definition) is 4. The third-order valence-corrected chi connectivity index (χ3v) is 6.12. The SMILES string of the molecule is CCC1CCN(S(=O)(=O)c2ccc(Cl)c([N+](=O)[O-])c2)CC1. The van der Waals surface area contributed by atoms with Crippen molar-refractivity contribution in [2.45, 2.75) is 31.1 Å². The van der Waals surface area contributed by atoms with Crippen LogP contribution in [0.4, 0.5) is 5.69 Å². The minimum atomic E-state index is -3.70. The van der Waals surface area contributed by atoms with E-state index < -0.39 is 14.9 Å². The molecular weight excluding hydrogens is 316 g/mol.